The number of rotatable bonds is 5. The molecule has 122 valence electrons. The molecule has 5 heteroatoms. The minimum atomic E-state index is -0.0550. The average molecular weight is 330 g/mol. The maximum absolute atomic E-state index is 12.6. The van der Waals surface area contributed by atoms with E-state index in [1.54, 1.807) is 11.3 Å². The minimum absolute atomic E-state index is 0.0164. The summed E-state index contributed by atoms with van der Waals surface area (Å²) >= 11 is 1.68. The molecule has 4 nitrogen and oxygen atoms in total. The Hall–Kier alpha value is -1.85. The fourth-order valence-electron chi connectivity index (χ4n) is 2.88. The first-order chi connectivity index (χ1) is 11.3. The second kappa shape index (κ2) is 7.62. The number of thiophene rings is 1. The lowest BCUT2D eigenvalue weighted by atomic mass is 10.0. The smallest absolute Gasteiger partial charge is 0.318 e. The summed E-state index contributed by atoms with van der Waals surface area (Å²) in [5.41, 5.74) is 1.12. The first kappa shape index (κ1) is 16.0. The Morgan fingerprint density at radius 3 is 2.83 bits per heavy atom. The Bertz CT molecular complexity index is 615. The van der Waals surface area contributed by atoms with Crippen LogP contribution in [0.4, 0.5) is 4.79 Å². The van der Waals surface area contributed by atoms with Crippen molar-refractivity contribution in [3.63, 3.8) is 0 Å². The van der Waals surface area contributed by atoms with E-state index < -0.39 is 0 Å². The van der Waals surface area contributed by atoms with Crippen molar-refractivity contribution < 1.29 is 9.53 Å². The van der Waals surface area contributed by atoms with Crippen molar-refractivity contribution in [1.29, 1.82) is 0 Å². The molecule has 1 aliphatic heterocycles. The molecule has 0 aliphatic carbocycles. The molecule has 0 bridgehead atoms. The van der Waals surface area contributed by atoms with Gasteiger partial charge in [-0.1, -0.05) is 36.4 Å². The van der Waals surface area contributed by atoms with E-state index in [9.17, 15) is 4.79 Å². The molecule has 0 unspecified atom stereocenters. The highest BCUT2D eigenvalue weighted by atomic mass is 32.1. The molecule has 1 aromatic carbocycles. The van der Waals surface area contributed by atoms with Crippen LogP contribution in [-0.4, -0.2) is 30.1 Å². The second-order valence-corrected chi connectivity index (χ2v) is 6.67. The van der Waals surface area contributed by atoms with Crippen molar-refractivity contribution >= 4 is 17.4 Å². The number of hydrogen-bond acceptors (Lipinski definition) is 3. The number of urea groups is 1. The maximum Gasteiger partial charge on any atom is 0.318 e. The monoisotopic (exact) mass is 330 g/mol. The zero-order chi connectivity index (χ0) is 16.1. The fraction of sp³-hybridized carbons (Fsp3) is 0.389. The number of hydrogen-bond donors (Lipinski definition) is 1. The van der Waals surface area contributed by atoms with Crippen LogP contribution in [0.15, 0.2) is 47.8 Å². The second-order valence-electron chi connectivity index (χ2n) is 5.64. The molecule has 1 fully saturated rings. The Labute approximate surface area is 141 Å². The third kappa shape index (κ3) is 3.92. The van der Waals surface area contributed by atoms with Gasteiger partial charge in [-0.2, -0.15) is 0 Å². The lowest BCUT2D eigenvalue weighted by Crippen LogP contribution is -2.45. The lowest BCUT2D eigenvalue weighted by Gasteiger charge is -2.26. The molecule has 0 spiro atoms. The highest BCUT2D eigenvalue weighted by Gasteiger charge is 2.31. The topological polar surface area (TPSA) is 41.6 Å². The van der Waals surface area contributed by atoms with Crippen LogP contribution in [0.1, 0.15) is 29.9 Å². The van der Waals surface area contributed by atoms with Gasteiger partial charge in [-0.25, -0.2) is 4.79 Å². The molecule has 3 rings (SSSR count). The first-order valence-corrected chi connectivity index (χ1v) is 8.90. The van der Waals surface area contributed by atoms with Crippen molar-refractivity contribution in [2.45, 2.75) is 32.0 Å². The number of nitrogens with zero attached hydrogens (tertiary/aromatic N) is 1. The molecule has 2 heterocycles. The Balaban J connectivity index is 1.63. The molecular weight excluding hydrogens is 308 g/mol. The van der Waals surface area contributed by atoms with Gasteiger partial charge in [0.05, 0.1) is 12.6 Å². The molecule has 0 radical (unpaired) electrons. The number of carbonyl (C=O) groups excluding carboxylic acids is 1. The number of benzene rings is 1. The number of nitrogens with one attached hydrogen (secondary N) is 1. The van der Waals surface area contributed by atoms with Crippen LogP contribution in [0, 0.1) is 0 Å². The van der Waals surface area contributed by atoms with Gasteiger partial charge < -0.3 is 15.0 Å². The molecule has 2 amide bonds. The van der Waals surface area contributed by atoms with E-state index in [2.05, 4.69) is 23.5 Å². The Kier molecular flexibility index (Phi) is 5.31. The molecule has 2 aromatic rings. The third-order valence-electron chi connectivity index (χ3n) is 4.12. The fourth-order valence-corrected chi connectivity index (χ4v) is 3.60. The Morgan fingerprint density at radius 2 is 2.13 bits per heavy atom. The van der Waals surface area contributed by atoms with Gasteiger partial charge in [-0.15, -0.1) is 11.3 Å². The van der Waals surface area contributed by atoms with Gasteiger partial charge in [0, 0.05) is 18.0 Å². The molecule has 0 saturated carbocycles. The van der Waals surface area contributed by atoms with E-state index in [1.807, 2.05) is 41.5 Å². The number of carbonyl (C=O) groups is 1. The van der Waals surface area contributed by atoms with Crippen LogP contribution in [0.25, 0.3) is 0 Å². The summed E-state index contributed by atoms with van der Waals surface area (Å²) in [7, 11) is 0. The maximum atomic E-state index is 12.6. The van der Waals surface area contributed by atoms with Crippen molar-refractivity contribution in [3.8, 4) is 0 Å². The van der Waals surface area contributed by atoms with Gasteiger partial charge in [-0.3, -0.25) is 0 Å². The normalized spacial score (nSPS) is 20.4. The summed E-state index contributed by atoms with van der Waals surface area (Å²) in [6, 6.07) is 14.2. The van der Waals surface area contributed by atoms with E-state index in [0.29, 0.717) is 19.7 Å². The van der Waals surface area contributed by atoms with E-state index in [0.717, 1.165) is 12.0 Å². The molecule has 2 atom stereocenters. The van der Waals surface area contributed by atoms with Crippen molar-refractivity contribution in [1.82, 2.24) is 10.2 Å². The largest absolute Gasteiger partial charge is 0.371 e. The summed E-state index contributed by atoms with van der Waals surface area (Å²) in [5, 5.41) is 5.20. The lowest BCUT2D eigenvalue weighted by molar-refractivity contribution is 0.0980. The van der Waals surface area contributed by atoms with Gasteiger partial charge in [0.25, 0.3) is 0 Å². The van der Waals surface area contributed by atoms with E-state index in [4.69, 9.17) is 4.74 Å². The van der Waals surface area contributed by atoms with Crippen LogP contribution in [-0.2, 0) is 11.3 Å². The summed E-state index contributed by atoms with van der Waals surface area (Å²) in [6.45, 7) is 4.03. The summed E-state index contributed by atoms with van der Waals surface area (Å²) in [6.07, 6.45) is 0.794. The van der Waals surface area contributed by atoms with E-state index in [-0.39, 0.29) is 18.2 Å². The van der Waals surface area contributed by atoms with E-state index >= 15 is 0 Å². The number of amides is 2. The van der Waals surface area contributed by atoms with Crippen LogP contribution >= 0.6 is 11.3 Å². The SMILES string of the molecule is CCN(Cc1cccs1)C(=O)N[C@H]1CCO[C@@H]1c1ccccc1. The van der Waals surface area contributed by atoms with Gasteiger partial charge >= 0.3 is 6.03 Å². The van der Waals surface area contributed by atoms with Crippen LogP contribution in [0.5, 0.6) is 0 Å². The van der Waals surface area contributed by atoms with Crippen LogP contribution in [0.2, 0.25) is 0 Å². The van der Waals surface area contributed by atoms with Gasteiger partial charge in [0.1, 0.15) is 6.10 Å². The van der Waals surface area contributed by atoms with Gasteiger partial charge in [0.15, 0.2) is 0 Å². The molecule has 1 aromatic heterocycles. The highest BCUT2D eigenvalue weighted by Crippen LogP contribution is 2.29. The quantitative estimate of drug-likeness (QED) is 0.906. The molecular formula is C18H22N2O2S. The van der Waals surface area contributed by atoms with E-state index in [1.165, 1.54) is 4.88 Å². The molecule has 1 saturated heterocycles. The molecule has 23 heavy (non-hydrogen) atoms. The standard InChI is InChI=1S/C18H22N2O2S/c1-2-20(13-15-9-6-12-23-15)18(21)19-16-10-11-22-17(16)14-7-4-3-5-8-14/h3-9,12,16-17H,2,10-11,13H2,1H3,(H,19,21)/t16-,17+/m0/s1. The van der Waals surface area contributed by atoms with Crippen molar-refractivity contribution in [2.24, 2.45) is 0 Å². The summed E-state index contributed by atoms with van der Waals surface area (Å²) in [5.74, 6) is 0. The van der Waals surface area contributed by atoms with Gasteiger partial charge in [0.2, 0.25) is 0 Å². The molecule has 1 N–H and O–H groups in total. The highest BCUT2D eigenvalue weighted by molar-refractivity contribution is 7.09. The third-order valence-corrected chi connectivity index (χ3v) is 4.99. The average Bonchev–Trinajstić information content (AvgIpc) is 3.25. The zero-order valence-corrected chi connectivity index (χ0v) is 14.1. The number of ether oxygens (including phenoxy) is 1. The minimum Gasteiger partial charge on any atom is -0.371 e. The predicted molar refractivity (Wildman–Crippen MR) is 92.5 cm³/mol. The van der Waals surface area contributed by atoms with Crippen molar-refractivity contribution in [2.75, 3.05) is 13.2 Å². The van der Waals surface area contributed by atoms with Crippen LogP contribution < -0.4 is 5.32 Å². The zero-order valence-electron chi connectivity index (χ0n) is 13.3. The van der Waals surface area contributed by atoms with Crippen molar-refractivity contribution in [3.05, 3.63) is 58.3 Å². The Morgan fingerprint density at radius 1 is 1.30 bits per heavy atom. The summed E-state index contributed by atoms with van der Waals surface area (Å²) < 4.78 is 5.84. The van der Waals surface area contributed by atoms with Gasteiger partial charge in [-0.05, 0) is 30.4 Å². The first-order valence-electron chi connectivity index (χ1n) is 8.02. The van der Waals surface area contributed by atoms with Crippen LogP contribution in [0.3, 0.4) is 0 Å². The summed E-state index contributed by atoms with van der Waals surface area (Å²) in [4.78, 5) is 15.6. The predicted octanol–water partition coefficient (Wildman–Crippen LogP) is 3.81. The molecule has 1 aliphatic rings.